The maximum absolute atomic E-state index is 13.4. The topological polar surface area (TPSA) is 98.5 Å². The summed E-state index contributed by atoms with van der Waals surface area (Å²) >= 11 is 0. The van der Waals surface area contributed by atoms with E-state index in [0.29, 0.717) is 6.42 Å². The fourth-order valence-electron chi connectivity index (χ4n) is 1.96. The van der Waals surface area contributed by atoms with Gasteiger partial charge in [0.25, 0.3) is 0 Å². The fraction of sp³-hybridized carbons (Fsp3) is 0.500. The van der Waals surface area contributed by atoms with E-state index < -0.39 is 32.7 Å². The second-order valence-electron chi connectivity index (χ2n) is 4.83. The van der Waals surface area contributed by atoms with Gasteiger partial charge < -0.3 is 10.5 Å². The van der Waals surface area contributed by atoms with Gasteiger partial charge in [0.05, 0.1) is 17.6 Å². The number of benzene rings is 1. The molecule has 1 unspecified atom stereocenters. The molecule has 0 fully saturated rings. The summed E-state index contributed by atoms with van der Waals surface area (Å²) in [5.74, 6) is -1.61. The third kappa shape index (κ3) is 4.75. The Morgan fingerprint density at radius 2 is 2.14 bits per heavy atom. The van der Waals surface area contributed by atoms with Crippen LogP contribution in [0.25, 0.3) is 0 Å². The Balaban J connectivity index is 3.16. The molecule has 0 saturated carbocycles. The molecule has 0 aliphatic carbocycles. The average molecular weight is 332 g/mol. The predicted molar refractivity (Wildman–Crippen MR) is 80.4 cm³/mol. The minimum Gasteiger partial charge on any atom is -0.465 e. The number of carbonyl (C=O) groups excluding carboxylic acids is 1. The van der Waals surface area contributed by atoms with Gasteiger partial charge in [-0.15, -0.1) is 0 Å². The van der Waals surface area contributed by atoms with E-state index in [-0.39, 0.29) is 12.1 Å². The van der Waals surface area contributed by atoms with Crippen LogP contribution in [-0.2, 0) is 14.8 Å². The van der Waals surface area contributed by atoms with Crippen LogP contribution in [0.5, 0.6) is 0 Å². The van der Waals surface area contributed by atoms with Crippen molar-refractivity contribution in [1.29, 1.82) is 0 Å². The number of halogens is 1. The molecule has 0 aliphatic heterocycles. The normalized spacial score (nSPS) is 12.9. The van der Waals surface area contributed by atoms with Crippen molar-refractivity contribution in [3.63, 3.8) is 0 Å². The number of hydrogen-bond donors (Lipinski definition) is 2. The first-order chi connectivity index (χ1) is 10.4. The standard InChI is InChI=1S/C14H21FN2O4S/c1-3-4-5-11(9-16)17-22(19,20)13-8-10(15)6-7-12(13)14(18)21-2/h6-8,11,17H,3-5,9,16H2,1-2H3. The maximum Gasteiger partial charge on any atom is 0.339 e. The van der Waals surface area contributed by atoms with Crippen molar-refractivity contribution in [2.75, 3.05) is 13.7 Å². The molecule has 0 spiro atoms. The molecule has 0 radical (unpaired) electrons. The summed E-state index contributed by atoms with van der Waals surface area (Å²) in [6.07, 6.45) is 2.26. The number of esters is 1. The summed E-state index contributed by atoms with van der Waals surface area (Å²) in [5, 5.41) is 0. The van der Waals surface area contributed by atoms with E-state index in [4.69, 9.17) is 5.73 Å². The summed E-state index contributed by atoms with van der Waals surface area (Å²) in [4.78, 5) is 11.2. The Bertz CT molecular complexity index is 619. The van der Waals surface area contributed by atoms with E-state index in [1.54, 1.807) is 0 Å². The monoisotopic (exact) mass is 332 g/mol. The highest BCUT2D eigenvalue weighted by Crippen LogP contribution is 2.19. The first-order valence-corrected chi connectivity index (χ1v) is 8.44. The molecule has 1 atom stereocenters. The van der Waals surface area contributed by atoms with Gasteiger partial charge in [0.15, 0.2) is 0 Å². The summed E-state index contributed by atoms with van der Waals surface area (Å²) in [6.45, 7) is 2.09. The molecular formula is C14H21FN2O4S. The molecule has 0 bridgehead atoms. The third-order valence-electron chi connectivity index (χ3n) is 3.15. The van der Waals surface area contributed by atoms with Crippen molar-refractivity contribution in [2.45, 2.75) is 37.1 Å². The van der Waals surface area contributed by atoms with Crippen LogP contribution in [0.2, 0.25) is 0 Å². The Hall–Kier alpha value is -1.51. The second kappa shape index (κ2) is 8.21. The van der Waals surface area contributed by atoms with Crippen molar-refractivity contribution in [2.24, 2.45) is 5.73 Å². The largest absolute Gasteiger partial charge is 0.465 e. The molecule has 6 nitrogen and oxygen atoms in total. The lowest BCUT2D eigenvalue weighted by Gasteiger charge is -2.17. The van der Waals surface area contributed by atoms with Crippen LogP contribution in [0, 0.1) is 5.82 Å². The zero-order chi connectivity index (χ0) is 16.8. The lowest BCUT2D eigenvalue weighted by atomic mass is 10.1. The van der Waals surface area contributed by atoms with Crippen LogP contribution >= 0.6 is 0 Å². The van der Waals surface area contributed by atoms with Gasteiger partial charge in [-0.1, -0.05) is 19.8 Å². The van der Waals surface area contributed by atoms with Crippen LogP contribution in [0.15, 0.2) is 23.1 Å². The Kier molecular flexibility index (Phi) is 6.92. The highest BCUT2D eigenvalue weighted by molar-refractivity contribution is 7.89. The zero-order valence-corrected chi connectivity index (χ0v) is 13.5. The van der Waals surface area contributed by atoms with Crippen molar-refractivity contribution >= 4 is 16.0 Å². The van der Waals surface area contributed by atoms with Gasteiger partial charge in [-0.2, -0.15) is 0 Å². The van der Waals surface area contributed by atoms with Crippen LogP contribution in [-0.4, -0.2) is 34.1 Å². The zero-order valence-electron chi connectivity index (χ0n) is 12.6. The molecule has 8 heteroatoms. The van der Waals surface area contributed by atoms with Gasteiger partial charge in [0.2, 0.25) is 10.0 Å². The first-order valence-electron chi connectivity index (χ1n) is 6.96. The molecule has 0 aromatic heterocycles. The molecule has 0 heterocycles. The number of hydrogen-bond acceptors (Lipinski definition) is 5. The lowest BCUT2D eigenvalue weighted by Crippen LogP contribution is -2.40. The third-order valence-corrected chi connectivity index (χ3v) is 4.71. The summed E-state index contributed by atoms with van der Waals surface area (Å²) in [7, 11) is -2.96. The van der Waals surface area contributed by atoms with Gasteiger partial charge in [-0.05, 0) is 24.6 Å². The first kappa shape index (κ1) is 18.5. The molecule has 1 aromatic carbocycles. The summed E-state index contributed by atoms with van der Waals surface area (Å²) in [5.41, 5.74) is 5.34. The van der Waals surface area contributed by atoms with E-state index in [1.807, 2.05) is 6.92 Å². The number of carbonyl (C=O) groups is 1. The number of unbranched alkanes of at least 4 members (excludes halogenated alkanes) is 1. The molecule has 1 rings (SSSR count). The Morgan fingerprint density at radius 3 is 2.68 bits per heavy atom. The molecule has 0 aliphatic rings. The summed E-state index contributed by atoms with van der Waals surface area (Å²) < 4.78 is 45.2. The van der Waals surface area contributed by atoms with Crippen LogP contribution in [0.1, 0.15) is 36.5 Å². The molecule has 0 amide bonds. The van der Waals surface area contributed by atoms with Crippen molar-refractivity contribution < 1.29 is 22.3 Å². The van der Waals surface area contributed by atoms with Gasteiger partial charge in [0.1, 0.15) is 5.82 Å². The highest BCUT2D eigenvalue weighted by Gasteiger charge is 2.26. The number of methoxy groups -OCH3 is 1. The van der Waals surface area contributed by atoms with Gasteiger partial charge in [-0.25, -0.2) is 22.3 Å². The highest BCUT2D eigenvalue weighted by atomic mass is 32.2. The Morgan fingerprint density at radius 1 is 1.45 bits per heavy atom. The van der Waals surface area contributed by atoms with Gasteiger partial charge in [-0.3, -0.25) is 0 Å². The average Bonchev–Trinajstić information content (AvgIpc) is 2.50. The second-order valence-corrected chi connectivity index (χ2v) is 6.51. The summed E-state index contributed by atoms with van der Waals surface area (Å²) in [6, 6.07) is 2.41. The minimum absolute atomic E-state index is 0.113. The molecule has 0 saturated heterocycles. The lowest BCUT2D eigenvalue weighted by molar-refractivity contribution is 0.0596. The Labute approximate surface area is 129 Å². The van der Waals surface area contributed by atoms with E-state index in [2.05, 4.69) is 9.46 Å². The minimum atomic E-state index is -4.08. The quantitative estimate of drug-likeness (QED) is 0.701. The van der Waals surface area contributed by atoms with Crippen LogP contribution in [0.4, 0.5) is 4.39 Å². The van der Waals surface area contributed by atoms with Crippen molar-refractivity contribution in [3.05, 3.63) is 29.6 Å². The number of rotatable bonds is 8. The van der Waals surface area contributed by atoms with Crippen LogP contribution < -0.4 is 10.5 Å². The molecule has 1 aromatic rings. The van der Waals surface area contributed by atoms with Gasteiger partial charge in [0, 0.05) is 12.6 Å². The molecule has 22 heavy (non-hydrogen) atoms. The SMILES string of the molecule is CCCCC(CN)NS(=O)(=O)c1cc(F)ccc1C(=O)OC. The van der Waals surface area contributed by atoms with Gasteiger partial charge >= 0.3 is 5.97 Å². The van der Waals surface area contributed by atoms with E-state index >= 15 is 0 Å². The van der Waals surface area contributed by atoms with Crippen molar-refractivity contribution in [3.8, 4) is 0 Å². The predicted octanol–water partition coefficient (Wildman–Crippen LogP) is 1.41. The molecular weight excluding hydrogens is 311 g/mol. The van der Waals surface area contributed by atoms with E-state index in [9.17, 15) is 17.6 Å². The number of ether oxygens (including phenoxy) is 1. The maximum atomic E-state index is 13.4. The van der Waals surface area contributed by atoms with E-state index in [1.165, 1.54) is 0 Å². The van der Waals surface area contributed by atoms with Crippen molar-refractivity contribution in [1.82, 2.24) is 4.72 Å². The molecule has 3 N–H and O–H groups in total. The number of nitrogens with one attached hydrogen (secondary N) is 1. The number of nitrogens with two attached hydrogens (primary N) is 1. The van der Waals surface area contributed by atoms with Crippen LogP contribution in [0.3, 0.4) is 0 Å². The molecule has 124 valence electrons. The van der Waals surface area contributed by atoms with E-state index in [0.717, 1.165) is 38.2 Å². The fourth-order valence-corrected chi connectivity index (χ4v) is 3.44. The smallest absolute Gasteiger partial charge is 0.339 e. The number of sulfonamides is 1.